The molecule has 0 radical (unpaired) electrons. The first-order chi connectivity index (χ1) is 9.74. The summed E-state index contributed by atoms with van der Waals surface area (Å²) < 4.78 is 18.8. The highest BCUT2D eigenvalue weighted by molar-refractivity contribution is 5.54. The van der Waals surface area contributed by atoms with Crippen LogP contribution in [0.25, 0.3) is 11.4 Å². The van der Waals surface area contributed by atoms with Gasteiger partial charge in [0.25, 0.3) is 0 Å². The fraction of sp³-hybridized carbons (Fsp3) is 0.467. The van der Waals surface area contributed by atoms with Gasteiger partial charge in [-0.1, -0.05) is 30.6 Å². The standard InChI is InChI=1S/C15H20FN3O/c1-2-11(9-10-17)7-8-14-18-15(19-20-14)12-5-3-4-6-13(12)16/h3-6,11H,2,7-10,17H2,1H3. The van der Waals surface area contributed by atoms with Crippen LogP contribution in [0.2, 0.25) is 0 Å². The predicted octanol–water partition coefficient (Wildman–Crippen LogP) is 3.18. The van der Waals surface area contributed by atoms with E-state index >= 15 is 0 Å². The molecule has 1 heterocycles. The van der Waals surface area contributed by atoms with Crippen LogP contribution in [-0.4, -0.2) is 16.7 Å². The van der Waals surface area contributed by atoms with Gasteiger partial charge in [-0.15, -0.1) is 0 Å². The number of aromatic nitrogens is 2. The molecule has 0 aliphatic heterocycles. The molecule has 0 saturated carbocycles. The Balaban J connectivity index is 2.01. The molecule has 2 aromatic rings. The van der Waals surface area contributed by atoms with Gasteiger partial charge in [0.05, 0.1) is 5.56 Å². The smallest absolute Gasteiger partial charge is 0.226 e. The minimum atomic E-state index is -0.339. The van der Waals surface area contributed by atoms with Crippen molar-refractivity contribution in [1.82, 2.24) is 10.1 Å². The van der Waals surface area contributed by atoms with Crippen LogP contribution in [0.3, 0.4) is 0 Å². The monoisotopic (exact) mass is 277 g/mol. The molecule has 2 rings (SSSR count). The maximum Gasteiger partial charge on any atom is 0.226 e. The highest BCUT2D eigenvalue weighted by Crippen LogP contribution is 2.21. The number of nitrogens with zero attached hydrogens (tertiary/aromatic N) is 2. The van der Waals surface area contributed by atoms with Crippen molar-refractivity contribution in [3.63, 3.8) is 0 Å². The Labute approximate surface area is 118 Å². The van der Waals surface area contributed by atoms with Gasteiger partial charge in [0.2, 0.25) is 11.7 Å². The SMILES string of the molecule is CCC(CCN)CCc1nc(-c2ccccc2F)no1. The second kappa shape index (κ2) is 7.14. The molecular weight excluding hydrogens is 257 g/mol. The summed E-state index contributed by atoms with van der Waals surface area (Å²) in [7, 11) is 0. The first-order valence-corrected chi connectivity index (χ1v) is 7.02. The molecule has 2 N–H and O–H groups in total. The van der Waals surface area contributed by atoms with E-state index in [0.717, 1.165) is 19.3 Å². The van der Waals surface area contributed by atoms with Gasteiger partial charge in [-0.3, -0.25) is 0 Å². The fourth-order valence-corrected chi connectivity index (χ4v) is 2.22. The minimum absolute atomic E-state index is 0.310. The summed E-state index contributed by atoms with van der Waals surface area (Å²) in [6.45, 7) is 2.85. The van der Waals surface area contributed by atoms with Crippen LogP contribution < -0.4 is 5.73 Å². The summed E-state index contributed by atoms with van der Waals surface area (Å²) in [6.07, 6.45) is 3.77. The minimum Gasteiger partial charge on any atom is -0.339 e. The molecule has 108 valence electrons. The summed E-state index contributed by atoms with van der Waals surface area (Å²) in [5.41, 5.74) is 5.95. The first kappa shape index (κ1) is 14.7. The Morgan fingerprint density at radius 1 is 1.30 bits per heavy atom. The summed E-state index contributed by atoms with van der Waals surface area (Å²) >= 11 is 0. The quantitative estimate of drug-likeness (QED) is 0.844. The third kappa shape index (κ3) is 3.63. The van der Waals surface area contributed by atoms with Gasteiger partial charge in [-0.2, -0.15) is 4.98 Å². The van der Waals surface area contributed by atoms with E-state index in [-0.39, 0.29) is 5.82 Å². The van der Waals surface area contributed by atoms with Crippen molar-refractivity contribution in [2.45, 2.75) is 32.6 Å². The maximum atomic E-state index is 13.6. The van der Waals surface area contributed by atoms with Gasteiger partial charge in [0, 0.05) is 6.42 Å². The molecule has 1 unspecified atom stereocenters. The maximum absolute atomic E-state index is 13.6. The molecule has 1 atom stereocenters. The number of aryl methyl sites for hydroxylation is 1. The molecule has 5 heteroatoms. The van der Waals surface area contributed by atoms with Crippen molar-refractivity contribution in [1.29, 1.82) is 0 Å². The number of halogens is 1. The molecule has 0 aliphatic carbocycles. The lowest BCUT2D eigenvalue weighted by Gasteiger charge is -2.11. The third-order valence-electron chi connectivity index (χ3n) is 3.50. The van der Waals surface area contributed by atoms with E-state index in [1.54, 1.807) is 18.2 Å². The van der Waals surface area contributed by atoms with E-state index in [4.69, 9.17) is 10.3 Å². The summed E-state index contributed by atoms with van der Waals surface area (Å²) in [4.78, 5) is 4.26. The van der Waals surface area contributed by atoms with E-state index in [1.807, 2.05) is 0 Å². The van der Waals surface area contributed by atoms with Gasteiger partial charge < -0.3 is 10.3 Å². The average molecular weight is 277 g/mol. The van der Waals surface area contributed by atoms with E-state index in [2.05, 4.69) is 17.1 Å². The molecular formula is C15H20FN3O. The molecule has 0 saturated heterocycles. The Morgan fingerprint density at radius 3 is 2.80 bits per heavy atom. The Morgan fingerprint density at radius 2 is 2.10 bits per heavy atom. The highest BCUT2D eigenvalue weighted by Gasteiger charge is 2.13. The third-order valence-corrected chi connectivity index (χ3v) is 3.50. The molecule has 0 aliphatic rings. The van der Waals surface area contributed by atoms with Gasteiger partial charge in [0.1, 0.15) is 5.82 Å². The van der Waals surface area contributed by atoms with Gasteiger partial charge >= 0.3 is 0 Å². The lowest BCUT2D eigenvalue weighted by molar-refractivity contribution is 0.354. The lowest BCUT2D eigenvalue weighted by atomic mass is 9.97. The van der Waals surface area contributed by atoms with E-state index in [1.165, 1.54) is 6.07 Å². The number of hydrogen-bond acceptors (Lipinski definition) is 4. The highest BCUT2D eigenvalue weighted by atomic mass is 19.1. The number of rotatable bonds is 7. The van der Waals surface area contributed by atoms with Crippen LogP contribution in [0.1, 0.15) is 32.1 Å². The van der Waals surface area contributed by atoms with Gasteiger partial charge in [-0.05, 0) is 37.4 Å². The van der Waals surface area contributed by atoms with Crippen LogP contribution in [-0.2, 0) is 6.42 Å². The van der Waals surface area contributed by atoms with Gasteiger partial charge in [-0.25, -0.2) is 4.39 Å². The number of hydrogen-bond donors (Lipinski definition) is 1. The van der Waals surface area contributed by atoms with Crippen molar-refractivity contribution < 1.29 is 8.91 Å². The van der Waals surface area contributed by atoms with E-state index in [0.29, 0.717) is 36.2 Å². The summed E-state index contributed by atoms with van der Waals surface area (Å²) in [5, 5.41) is 3.85. The van der Waals surface area contributed by atoms with Crippen LogP contribution in [0, 0.1) is 11.7 Å². The van der Waals surface area contributed by atoms with Crippen LogP contribution in [0.5, 0.6) is 0 Å². The normalized spacial score (nSPS) is 12.6. The molecule has 0 fully saturated rings. The van der Waals surface area contributed by atoms with Crippen molar-refractivity contribution in [2.24, 2.45) is 11.7 Å². The number of benzene rings is 1. The van der Waals surface area contributed by atoms with Gasteiger partial charge in [0.15, 0.2) is 0 Å². The van der Waals surface area contributed by atoms with Crippen LogP contribution in [0.4, 0.5) is 4.39 Å². The molecule has 0 bridgehead atoms. The molecule has 1 aromatic carbocycles. The van der Waals surface area contributed by atoms with Crippen LogP contribution in [0.15, 0.2) is 28.8 Å². The summed E-state index contributed by atoms with van der Waals surface area (Å²) in [5.74, 6) is 1.10. The predicted molar refractivity (Wildman–Crippen MR) is 75.5 cm³/mol. The molecule has 4 nitrogen and oxygen atoms in total. The Bertz CT molecular complexity index is 541. The van der Waals surface area contributed by atoms with E-state index in [9.17, 15) is 4.39 Å². The lowest BCUT2D eigenvalue weighted by Crippen LogP contribution is -2.09. The summed E-state index contributed by atoms with van der Waals surface area (Å²) in [6, 6.07) is 6.42. The largest absolute Gasteiger partial charge is 0.339 e. The topological polar surface area (TPSA) is 64.9 Å². The molecule has 0 spiro atoms. The Kier molecular flexibility index (Phi) is 5.24. The zero-order valence-electron chi connectivity index (χ0n) is 11.7. The fourth-order valence-electron chi connectivity index (χ4n) is 2.22. The average Bonchev–Trinajstić information content (AvgIpc) is 2.92. The Hall–Kier alpha value is -1.75. The number of nitrogens with two attached hydrogens (primary N) is 1. The van der Waals surface area contributed by atoms with E-state index < -0.39 is 0 Å². The van der Waals surface area contributed by atoms with Crippen molar-refractivity contribution in [2.75, 3.05) is 6.54 Å². The molecule has 1 aromatic heterocycles. The van der Waals surface area contributed by atoms with Crippen molar-refractivity contribution in [3.05, 3.63) is 36.0 Å². The van der Waals surface area contributed by atoms with Crippen molar-refractivity contribution in [3.8, 4) is 11.4 Å². The van der Waals surface area contributed by atoms with Crippen molar-refractivity contribution >= 4 is 0 Å². The first-order valence-electron chi connectivity index (χ1n) is 7.02. The molecule has 0 amide bonds. The second-order valence-corrected chi connectivity index (χ2v) is 4.88. The van der Waals surface area contributed by atoms with Crippen LogP contribution >= 0.6 is 0 Å². The second-order valence-electron chi connectivity index (χ2n) is 4.88. The molecule has 20 heavy (non-hydrogen) atoms. The zero-order chi connectivity index (χ0) is 14.4. The zero-order valence-corrected chi connectivity index (χ0v) is 11.7.